The third-order valence-electron chi connectivity index (χ3n) is 4.90. The van der Waals surface area contributed by atoms with E-state index < -0.39 is 23.7 Å². The molecule has 0 bridgehead atoms. The first-order valence-corrected chi connectivity index (χ1v) is 9.72. The number of halogens is 5. The van der Waals surface area contributed by atoms with Crippen molar-refractivity contribution >= 4 is 17.6 Å². The molecule has 1 unspecified atom stereocenters. The van der Waals surface area contributed by atoms with Crippen LogP contribution in [-0.4, -0.2) is 35.3 Å². The summed E-state index contributed by atoms with van der Waals surface area (Å²) in [5, 5.41) is 11.0. The smallest absolute Gasteiger partial charge is 0.475 e. The highest BCUT2D eigenvalue weighted by molar-refractivity contribution is 6.30. The number of piperidine rings is 1. The van der Waals surface area contributed by atoms with Gasteiger partial charge in [0.2, 0.25) is 5.75 Å². The van der Waals surface area contributed by atoms with Gasteiger partial charge >= 0.3 is 12.1 Å². The van der Waals surface area contributed by atoms with E-state index in [1.807, 2.05) is 6.07 Å². The largest absolute Gasteiger partial charge is 0.490 e. The van der Waals surface area contributed by atoms with Crippen molar-refractivity contribution in [2.24, 2.45) is 0 Å². The molecule has 0 spiro atoms. The molecular formula is C20H19ClF4N2O4. The molecule has 31 heavy (non-hydrogen) atoms. The number of hydrogen-bond acceptors (Lipinski definition) is 5. The molecule has 1 fully saturated rings. The van der Waals surface area contributed by atoms with Gasteiger partial charge in [0.05, 0.1) is 5.02 Å². The third kappa shape index (κ3) is 5.19. The lowest BCUT2D eigenvalue weighted by atomic mass is 9.89. The molecule has 1 aromatic heterocycles. The first-order chi connectivity index (χ1) is 14.5. The van der Waals surface area contributed by atoms with Crippen molar-refractivity contribution in [3.05, 3.63) is 52.6 Å². The standard InChI is InChI=1S/C18H18ClFN2O2.C2HF3O2/c1-18(15-5-2-12(19)10-22-15)23-16-13(11-6-8-21-9-7-11)3-4-14(20)17(16)24-18;3-2(4,5)1(6)7/h2-5,10-11,21H,6-9H2,1H3;(H,6,7). The van der Waals surface area contributed by atoms with Crippen LogP contribution in [0.25, 0.3) is 0 Å². The summed E-state index contributed by atoms with van der Waals surface area (Å²) in [6.07, 6.45) is -1.56. The zero-order valence-corrected chi connectivity index (χ0v) is 17.1. The fraction of sp³-hybridized carbons (Fsp3) is 0.400. The van der Waals surface area contributed by atoms with Gasteiger partial charge in [-0.1, -0.05) is 17.7 Å². The number of fused-ring (bicyclic) bond motifs is 1. The fourth-order valence-corrected chi connectivity index (χ4v) is 3.48. The summed E-state index contributed by atoms with van der Waals surface area (Å²) in [6.45, 7) is 3.65. The van der Waals surface area contributed by atoms with E-state index in [0.717, 1.165) is 31.5 Å². The second-order valence-corrected chi connectivity index (χ2v) is 7.57. The van der Waals surface area contributed by atoms with Crippen LogP contribution in [0.15, 0.2) is 30.5 Å². The molecule has 6 nitrogen and oxygen atoms in total. The van der Waals surface area contributed by atoms with Crippen LogP contribution in [0.3, 0.4) is 0 Å². The van der Waals surface area contributed by atoms with Crippen LogP contribution in [0.2, 0.25) is 5.02 Å². The van der Waals surface area contributed by atoms with Crippen LogP contribution >= 0.6 is 11.6 Å². The number of hydrogen-bond donors (Lipinski definition) is 2. The predicted molar refractivity (Wildman–Crippen MR) is 103 cm³/mol. The van der Waals surface area contributed by atoms with Crippen molar-refractivity contribution in [2.75, 3.05) is 13.1 Å². The SMILES string of the molecule is CC1(c2ccc(Cl)cn2)Oc2c(F)ccc(C3CCNCC3)c2O1.O=C(O)C(F)(F)F. The Balaban J connectivity index is 0.000000339. The first kappa shape index (κ1) is 23.1. The molecule has 11 heteroatoms. The molecule has 0 aliphatic carbocycles. The summed E-state index contributed by atoms with van der Waals surface area (Å²) in [4.78, 5) is 13.2. The average Bonchev–Trinajstić information content (AvgIpc) is 3.08. The van der Waals surface area contributed by atoms with Gasteiger partial charge in [-0.2, -0.15) is 13.2 Å². The van der Waals surface area contributed by atoms with E-state index in [9.17, 15) is 17.6 Å². The molecule has 2 N–H and O–H groups in total. The van der Waals surface area contributed by atoms with E-state index >= 15 is 0 Å². The lowest BCUT2D eigenvalue weighted by Crippen LogP contribution is -2.33. The topological polar surface area (TPSA) is 80.7 Å². The van der Waals surface area contributed by atoms with Crippen molar-refractivity contribution in [2.45, 2.75) is 37.6 Å². The van der Waals surface area contributed by atoms with Crippen molar-refractivity contribution < 1.29 is 36.9 Å². The molecule has 1 saturated heterocycles. The number of carbonyl (C=O) groups is 1. The average molecular weight is 463 g/mol. The quantitative estimate of drug-likeness (QED) is 0.634. The molecule has 0 amide bonds. The summed E-state index contributed by atoms with van der Waals surface area (Å²) >= 11 is 5.89. The minimum absolute atomic E-state index is 0.172. The number of nitrogens with one attached hydrogen (secondary N) is 1. The molecule has 3 heterocycles. The highest BCUT2D eigenvalue weighted by Gasteiger charge is 2.43. The lowest BCUT2D eigenvalue weighted by Gasteiger charge is -2.25. The molecule has 0 radical (unpaired) electrons. The summed E-state index contributed by atoms with van der Waals surface area (Å²) in [5.41, 5.74) is 1.56. The number of aliphatic carboxylic acids is 1. The van der Waals surface area contributed by atoms with Crippen LogP contribution < -0.4 is 14.8 Å². The van der Waals surface area contributed by atoms with E-state index in [0.29, 0.717) is 22.4 Å². The summed E-state index contributed by atoms with van der Waals surface area (Å²) in [5.74, 6) is -3.32. The Morgan fingerprint density at radius 1 is 1.19 bits per heavy atom. The van der Waals surface area contributed by atoms with E-state index in [4.69, 9.17) is 31.0 Å². The second-order valence-electron chi connectivity index (χ2n) is 7.13. The van der Waals surface area contributed by atoms with Gasteiger partial charge in [-0.15, -0.1) is 0 Å². The highest BCUT2D eigenvalue weighted by atomic mass is 35.5. The molecule has 2 aliphatic rings. The van der Waals surface area contributed by atoms with Gasteiger partial charge in [-0.3, -0.25) is 4.98 Å². The molecule has 2 aliphatic heterocycles. The maximum atomic E-state index is 14.3. The number of nitrogens with zero attached hydrogens (tertiary/aromatic N) is 1. The van der Waals surface area contributed by atoms with E-state index in [1.165, 1.54) is 12.3 Å². The molecule has 1 aromatic carbocycles. The Hall–Kier alpha value is -2.59. The number of carboxylic acid groups (broad SMARTS) is 1. The molecular weight excluding hydrogens is 444 g/mol. The van der Waals surface area contributed by atoms with Crippen LogP contribution in [0.5, 0.6) is 11.5 Å². The Morgan fingerprint density at radius 3 is 2.35 bits per heavy atom. The normalized spacial score (nSPS) is 20.7. The second kappa shape index (κ2) is 8.88. The lowest BCUT2D eigenvalue weighted by molar-refractivity contribution is -0.192. The first-order valence-electron chi connectivity index (χ1n) is 9.34. The third-order valence-corrected chi connectivity index (χ3v) is 5.13. The number of rotatable bonds is 2. The van der Waals surface area contributed by atoms with Crippen molar-refractivity contribution in [1.82, 2.24) is 10.3 Å². The molecule has 168 valence electrons. The van der Waals surface area contributed by atoms with Crippen molar-refractivity contribution in [3.8, 4) is 11.5 Å². The monoisotopic (exact) mass is 462 g/mol. The number of pyridine rings is 1. The van der Waals surface area contributed by atoms with E-state index in [2.05, 4.69) is 10.3 Å². The summed E-state index contributed by atoms with van der Waals surface area (Å²) in [6, 6.07) is 6.72. The fourth-order valence-electron chi connectivity index (χ4n) is 3.37. The van der Waals surface area contributed by atoms with Crippen molar-refractivity contribution in [3.63, 3.8) is 0 Å². The van der Waals surface area contributed by atoms with Gasteiger partial charge in [0, 0.05) is 18.7 Å². The Morgan fingerprint density at radius 2 is 1.81 bits per heavy atom. The van der Waals surface area contributed by atoms with Gasteiger partial charge in [-0.25, -0.2) is 9.18 Å². The highest BCUT2D eigenvalue weighted by Crippen LogP contribution is 2.50. The Labute approximate surface area is 180 Å². The number of alkyl halides is 3. The minimum Gasteiger partial charge on any atom is -0.475 e. The Kier molecular flexibility index (Phi) is 6.61. The van der Waals surface area contributed by atoms with Crippen LogP contribution in [0.4, 0.5) is 17.6 Å². The van der Waals surface area contributed by atoms with Gasteiger partial charge in [-0.05, 0) is 50.0 Å². The zero-order chi connectivity index (χ0) is 22.8. The number of carboxylic acids is 1. The van der Waals surface area contributed by atoms with Crippen LogP contribution in [0.1, 0.15) is 36.9 Å². The molecule has 2 aromatic rings. The van der Waals surface area contributed by atoms with Gasteiger partial charge in [0.25, 0.3) is 5.79 Å². The predicted octanol–water partition coefficient (Wildman–Crippen LogP) is 4.62. The van der Waals surface area contributed by atoms with Gasteiger partial charge < -0.3 is 19.9 Å². The molecule has 1 atom stereocenters. The van der Waals surface area contributed by atoms with Crippen LogP contribution in [0, 0.1) is 5.82 Å². The molecule has 4 rings (SSSR count). The minimum atomic E-state index is -5.08. The molecule has 0 saturated carbocycles. The van der Waals surface area contributed by atoms with Crippen molar-refractivity contribution in [1.29, 1.82) is 0 Å². The maximum Gasteiger partial charge on any atom is 0.490 e. The van der Waals surface area contributed by atoms with E-state index in [1.54, 1.807) is 19.1 Å². The Bertz CT molecular complexity index is 949. The number of ether oxygens (including phenoxy) is 2. The van der Waals surface area contributed by atoms with Gasteiger partial charge in [0.1, 0.15) is 5.69 Å². The summed E-state index contributed by atoms with van der Waals surface area (Å²) in [7, 11) is 0. The number of benzene rings is 1. The van der Waals surface area contributed by atoms with E-state index in [-0.39, 0.29) is 5.75 Å². The number of aromatic nitrogens is 1. The van der Waals surface area contributed by atoms with Crippen LogP contribution in [-0.2, 0) is 10.6 Å². The zero-order valence-electron chi connectivity index (χ0n) is 16.3. The van der Waals surface area contributed by atoms with Gasteiger partial charge in [0.15, 0.2) is 11.6 Å². The maximum absolute atomic E-state index is 14.3. The summed E-state index contributed by atoms with van der Waals surface area (Å²) < 4.78 is 58.0.